The number of carbonyl (C=O) groups excluding carboxylic acids is 1. The second-order valence-corrected chi connectivity index (χ2v) is 7.59. The molecule has 3 rings (SSSR count). The van der Waals surface area contributed by atoms with Gasteiger partial charge in [0.2, 0.25) is 5.88 Å². The van der Waals surface area contributed by atoms with Gasteiger partial charge in [0.15, 0.2) is 6.61 Å². The molecular weight excluding hydrogens is 405 g/mol. The number of carbonyl (C=O) groups is 1. The number of halogens is 3. The van der Waals surface area contributed by atoms with Crippen LogP contribution in [-0.2, 0) is 11.3 Å². The second-order valence-electron chi connectivity index (χ2n) is 6.53. The lowest BCUT2D eigenvalue weighted by Gasteiger charge is -2.13. The monoisotopic (exact) mass is 426 g/mol. The van der Waals surface area contributed by atoms with Gasteiger partial charge in [-0.05, 0) is 36.6 Å². The first-order valence-corrected chi connectivity index (χ1v) is 10.2. The summed E-state index contributed by atoms with van der Waals surface area (Å²) in [6.45, 7) is -0.479. The largest absolute Gasteiger partial charge is 0.468 e. The molecule has 1 aliphatic heterocycles. The Morgan fingerprint density at radius 2 is 2.14 bits per heavy atom. The highest BCUT2D eigenvalue weighted by Gasteiger charge is 2.28. The average molecular weight is 426 g/mol. The fraction of sp³-hybridized carbons (Fsp3) is 0.400. The standard InChI is InChI=1S/C20H21F3N2O3S/c21-20(22,23)13-28-18-10-14(7-8-24-18)11-25-19(26)16-5-1-2-6-17(16)29-12-15-4-3-9-27-15/h1-2,5-8,10,15H,3-4,9,11-13H2,(H,25,26). The van der Waals surface area contributed by atoms with Gasteiger partial charge in [0.1, 0.15) is 0 Å². The fourth-order valence-electron chi connectivity index (χ4n) is 2.81. The molecule has 0 spiro atoms. The molecule has 0 saturated carbocycles. The topological polar surface area (TPSA) is 60.5 Å². The van der Waals surface area contributed by atoms with Crippen molar-refractivity contribution in [1.82, 2.24) is 10.3 Å². The van der Waals surface area contributed by atoms with E-state index in [0.29, 0.717) is 11.1 Å². The molecule has 0 aliphatic carbocycles. The number of benzene rings is 1. The van der Waals surface area contributed by atoms with Crippen molar-refractivity contribution in [2.24, 2.45) is 0 Å². The Morgan fingerprint density at radius 1 is 1.31 bits per heavy atom. The van der Waals surface area contributed by atoms with Crippen molar-refractivity contribution in [3.8, 4) is 5.88 Å². The number of nitrogens with zero attached hydrogens (tertiary/aromatic N) is 1. The second kappa shape index (κ2) is 9.98. The highest BCUT2D eigenvalue weighted by atomic mass is 32.2. The highest BCUT2D eigenvalue weighted by Crippen LogP contribution is 2.27. The number of alkyl halides is 3. The summed E-state index contributed by atoms with van der Waals surface area (Å²) in [5, 5.41) is 2.79. The van der Waals surface area contributed by atoms with E-state index < -0.39 is 12.8 Å². The van der Waals surface area contributed by atoms with Gasteiger partial charge < -0.3 is 14.8 Å². The molecule has 1 aromatic heterocycles. The molecule has 1 aromatic carbocycles. The molecule has 29 heavy (non-hydrogen) atoms. The molecule has 156 valence electrons. The van der Waals surface area contributed by atoms with Gasteiger partial charge in [-0.25, -0.2) is 4.98 Å². The number of thioether (sulfide) groups is 1. The number of ether oxygens (including phenoxy) is 2. The first-order chi connectivity index (χ1) is 13.9. The molecule has 0 radical (unpaired) electrons. The maximum absolute atomic E-state index is 12.6. The average Bonchev–Trinajstić information content (AvgIpc) is 3.23. The van der Waals surface area contributed by atoms with Crippen LogP contribution in [0.5, 0.6) is 5.88 Å². The van der Waals surface area contributed by atoms with E-state index in [1.165, 1.54) is 12.3 Å². The van der Waals surface area contributed by atoms with Gasteiger partial charge in [-0.3, -0.25) is 4.79 Å². The number of rotatable bonds is 8. The minimum atomic E-state index is -4.43. The van der Waals surface area contributed by atoms with E-state index in [9.17, 15) is 18.0 Å². The molecule has 2 aromatic rings. The lowest BCUT2D eigenvalue weighted by molar-refractivity contribution is -0.154. The quantitative estimate of drug-likeness (QED) is 0.641. The first-order valence-electron chi connectivity index (χ1n) is 9.17. The summed E-state index contributed by atoms with van der Waals surface area (Å²) in [5.41, 5.74) is 1.15. The summed E-state index contributed by atoms with van der Waals surface area (Å²) < 4.78 is 47.1. The van der Waals surface area contributed by atoms with Crippen molar-refractivity contribution >= 4 is 17.7 Å². The van der Waals surface area contributed by atoms with Gasteiger partial charge >= 0.3 is 6.18 Å². The summed E-state index contributed by atoms with van der Waals surface area (Å²) in [7, 11) is 0. The maximum atomic E-state index is 12.6. The smallest absolute Gasteiger partial charge is 0.422 e. The summed E-state index contributed by atoms with van der Waals surface area (Å²) >= 11 is 1.58. The maximum Gasteiger partial charge on any atom is 0.422 e. The van der Waals surface area contributed by atoms with Gasteiger partial charge in [0.25, 0.3) is 5.91 Å². The Hall–Kier alpha value is -2.26. The Labute approximate surface area is 171 Å². The molecular formula is C20H21F3N2O3S. The molecule has 1 atom stereocenters. The molecule has 5 nitrogen and oxygen atoms in total. The predicted molar refractivity (Wildman–Crippen MR) is 103 cm³/mol. The third-order valence-electron chi connectivity index (χ3n) is 4.22. The third kappa shape index (κ3) is 6.93. The predicted octanol–water partition coefficient (Wildman–Crippen LogP) is 4.22. The normalized spacial score (nSPS) is 16.6. The van der Waals surface area contributed by atoms with E-state index in [1.807, 2.05) is 12.1 Å². The molecule has 1 amide bonds. The minimum Gasteiger partial charge on any atom is -0.468 e. The van der Waals surface area contributed by atoms with Crippen molar-refractivity contribution in [3.05, 3.63) is 53.7 Å². The Morgan fingerprint density at radius 3 is 2.90 bits per heavy atom. The number of hydrogen-bond acceptors (Lipinski definition) is 5. The van der Waals surface area contributed by atoms with E-state index >= 15 is 0 Å². The van der Waals surface area contributed by atoms with Crippen LogP contribution in [0.3, 0.4) is 0 Å². The van der Waals surface area contributed by atoms with E-state index in [4.69, 9.17) is 4.74 Å². The van der Waals surface area contributed by atoms with Crippen molar-refractivity contribution in [1.29, 1.82) is 0 Å². The molecule has 2 heterocycles. The van der Waals surface area contributed by atoms with Crippen LogP contribution in [0.25, 0.3) is 0 Å². The molecule has 1 saturated heterocycles. The molecule has 1 N–H and O–H groups in total. The van der Waals surface area contributed by atoms with Gasteiger partial charge in [0.05, 0.1) is 11.7 Å². The molecule has 1 unspecified atom stereocenters. The number of amides is 1. The van der Waals surface area contributed by atoms with Crippen LogP contribution in [0.1, 0.15) is 28.8 Å². The SMILES string of the molecule is O=C(NCc1ccnc(OCC(F)(F)F)c1)c1ccccc1SCC1CCCO1. The van der Waals surface area contributed by atoms with E-state index in [-0.39, 0.29) is 24.4 Å². The Bertz CT molecular complexity index is 827. The highest BCUT2D eigenvalue weighted by molar-refractivity contribution is 7.99. The number of hydrogen-bond donors (Lipinski definition) is 1. The molecule has 1 aliphatic rings. The van der Waals surface area contributed by atoms with Crippen LogP contribution in [0.2, 0.25) is 0 Å². The van der Waals surface area contributed by atoms with Crippen LogP contribution in [0.15, 0.2) is 47.5 Å². The fourth-order valence-corrected chi connectivity index (χ4v) is 3.93. The molecule has 9 heteroatoms. The zero-order valence-corrected chi connectivity index (χ0v) is 16.4. The van der Waals surface area contributed by atoms with Crippen LogP contribution in [0, 0.1) is 0 Å². The number of aromatic nitrogens is 1. The molecule has 0 bridgehead atoms. The van der Waals surface area contributed by atoms with Gasteiger partial charge in [0, 0.05) is 36.1 Å². The van der Waals surface area contributed by atoms with Crippen molar-refractivity contribution < 1.29 is 27.4 Å². The van der Waals surface area contributed by atoms with Crippen LogP contribution >= 0.6 is 11.8 Å². The van der Waals surface area contributed by atoms with Crippen molar-refractivity contribution in [3.63, 3.8) is 0 Å². The lowest BCUT2D eigenvalue weighted by Crippen LogP contribution is -2.24. The number of nitrogens with one attached hydrogen (secondary N) is 1. The van der Waals surface area contributed by atoms with Crippen molar-refractivity contribution in [2.75, 3.05) is 19.0 Å². The summed E-state index contributed by atoms with van der Waals surface area (Å²) in [6, 6.07) is 10.3. The zero-order valence-electron chi connectivity index (χ0n) is 15.6. The number of pyridine rings is 1. The summed E-state index contributed by atoms with van der Waals surface area (Å²) in [5.74, 6) is 0.394. The van der Waals surface area contributed by atoms with Crippen LogP contribution in [0.4, 0.5) is 13.2 Å². The van der Waals surface area contributed by atoms with Gasteiger partial charge in [-0.15, -0.1) is 11.8 Å². The summed E-state index contributed by atoms with van der Waals surface area (Å²) in [4.78, 5) is 17.2. The van der Waals surface area contributed by atoms with Gasteiger partial charge in [-0.2, -0.15) is 13.2 Å². The van der Waals surface area contributed by atoms with E-state index in [0.717, 1.165) is 30.1 Å². The lowest BCUT2D eigenvalue weighted by atomic mass is 10.2. The van der Waals surface area contributed by atoms with Crippen molar-refractivity contribution in [2.45, 2.75) is 36.6 Å². The first kappa shape index (κ1) is 21.4. The summed E-state index contributed by atoms with van der Waals surface area (Å²) in [6.07, 6.45) is -0.783. The minimum absolute atomic E-state index is 0.137. The van der Waals surface area contributed by atoms with E-state index in [2.05, 4.69) is 15.0 Å². The third-order valence-corrected chi connectivity index (χ3v) is 5.42. The van der Waals surface area contributed by atoms with E-state index in [1.54, 1.807) is 30.0 Å². The Kier molecular flexibility index (Phi) is 7.38. The van der Waals surface area contributed by atoms with Crippen LogP contribution in [-0.4, -0.2) is 42.1 Å². The van der Waals surface area contributed by atoms with Gasteiger partial charge in [-0.1, -0.05) is 12.1 Å². The molecule has 1 fully saturated rings. The Balaban J connectivity index is 1.56. The van der Waals surface area contributed by atoms with Crippen LogP contribution < -0.4 is 10.1 Å². The zero-order chi connectivity index (χ0) is 20.7.